The highest BCUT2D eigenvalue weighted by atomic mass is 16.3. The van der Waals surface area contributed by atoms with Crippen LogP contribution < -0.4 is 0 Å². The number of carbonyl (C=O) groups is 1. The molecule has 0 atom stereocenters. The minimum Gasteiger partial charge on any atom is -0.511 e. The maximum absolute atomic E-state index is 12.7. The van der Waals surface area contributed by atoms with Crippen molar-refractivity contribution in [2.45, 2.75) is 32.6 Å². The lowest BCUT2D eigenvalue weighted by Crippen LogP contribution is -2.21. The van der Waals surface area contributed by atoms with E-state index in [1.54, 1.807) is 0 Å². The van der Waals surface area contributed by atoms with Crippen LogP contribution in [0.15, 0.2) is 83.1 Å². The summed E-state index contributed by atoms with van der Waals surface area (Å²) in [6.07, 6.45) is 2.26. The molecule has 140 valence electrons. The number of hydrogen-bond acceptors (Lipinski definition) is 3. The van der Waals surface area contributed by atoms with E-state index in [2.05, 4.69) is 12.1 Å². The van der Waals surface area contributed by atoms with Gasteiger partial charge in [-0.25, -0.2) is 0 Å². The van der Waals surface area contributed by atoms with Crippen LogP contribution in [0.4, 0.5) is 5.69 Å². The molecule has 28 heavy (non-hydrogen) atoms. The highest BCUT2D eigenvalue weighted by Gasteiger charge is 2.26. The summed E-state index contributed by atoms with van der Waals surface area (Å²) in [6, 6.07) is 22.0. The van der Waals surface area contributed by atoms with Gasteiger partial charge in [0.1, 0.15) is 5.76 Å². The third-order valence-electron chi connectivity index (χ3n) is 5.28. The Morgan fingerprint density at radius 2 is 1.71 bits per heavy atom. The van der Waals surface area contributed by atoms with Gasteiger partial charge in [0.05, 0.1) is 17.0 Å². The smallest absolute Gasteiger partial charge is 0.168 e. The Bertz CT molecular complexity index is 1100. The van der Waals surface area contributed by atoms with Gasteiger partial charge >= 0.3 is 0 Å². The van der Waals surface area contributed by atoms with E-state index in [4.69, 9.17) is 4.99 Å². The van der Waals surface area contributed by atoms with Crippen LogP contribution in [0.3, 0.4) is 0 Å². The number of nitrogens with zero attached hydrogens (tertiary/aromatic N) is 1. The van der Waals surface area contributed by atoms with Crippen LogP contribution in [0.2, 0.25) is 0 Å². The summed E-state index contributed by atoms with van der Waals surface area (Å²) in [4.78, 5) is 17.4. The van der Waals surface area contributed by atoms with Gasteiger partial charge < -0.3 is 5.11 Å². The Morgan fingerprint density at radius 1 is 0.964 bits per heavy atom. The Labute approximate surface area is 165 Å². The van der Waals surface area contributed by atoms with Gasteiger partial charge in [0.15, 0.2) is 5.78 Å². The van der Waals surface area contributed by atoms with E-state index in [1.807, 2.05) is 61.5 Å². The fraction of sp³-hybridized carbons (Fsp3) is 0.200. The first-order valence-corrected chi connectivity index (χ1v) is 9.69. The van der Waals surface area contributed by atoms with Gasteiger partial charge in [0.2, 0.25) is 0 Å². The minimum atomic E-state index is -0.0173. The second-order valence-corrected chi connectivity index (χ2v) is 7.26. The zero-order valence-electron chi connectivity index (χ0n) is 16.0. The maximum atomic E-state index is 12.7. The van der Waals surface area contributed by atoms with Crippen LogP contribution in [0, 0.1) is 6.92 Å². The van der Waals surface area contributed by atoms with Crippen molar-refractivity contribution in [2.75, 3.05) is 0 Å². The molecular weight excluding hydrogens is 346 g/mol. The first-order valence-electron chi connectivity index (χ1n) is 9.69. The average molecular weight is 369 g/mol. The molecule has 0 saturated heterocycles. The van der Waals surface area contributed by atoms with E-state index < -0.39 is 0 Å². The molecule has 0 aliphatic heterocycles. The van der Waals surface area contributed by atoms with Crippen LogP contribution in [0.5, 0.6) is 0 Å². The number of allylic oxidation sites excluding steroid dienone is 2. The molecule has 0 bridgehead atoms. The molecule has 3 heteroatoms. The molecule has 1 N–H and O–H groups in total. The van der Waals surface area contributed by atoms with Gasteiger partial charge in [0, 0.05) is 12.8 Å². The lowest BCUT2D eigenvalue weighted by atomic mass is 9.88. The fourth-order valence-electron chi connectivity index (χ4n) is 3.82. The van der Waals surface area contributed by atoms with Gasteiger partial charge in [-0.3, -0.25) is 9.79 Å². The summed E-state index contributed by atoms with van der Waals surface area (Å²) < 4.78 is 0. The fourth-order valence-corrected chi connectivity index (χ4v) is 3.82. The van der Waals surface area contributed by atoms with E-state index in [9.17, 15) is 9.90 Å². The van der Waals surface area contributed by atoms with E-state index in [1.165, 1.54) is 0 Å². The molecule has 4 rings (SSSR count). The third kappa shape index (κ3) is 3.61. The van der Waals surface area contributed by atoms with Crippen molar-refractivity contribution in [1.29, 1.82) is 0 Å². The maximum Gasteiger partial charge on any atom is 0.168 e. The van der Waals surface area contributed by atoms with Gasteiger partial charge in [0.25, 0.3) is 0 Å². The normalized spacial score (nSPS) is 17.9. The monoisotopic (exact) mass is 369 g/mol. The van der Waals surface area contributed by atoms with E-state index in [-0.39, 0.29) is 11.5 Å². The molecule has 0 amide bonds. The Balaban J connectivity index is 1.77. The van der Waals surface area contributed by atoms with Crippen LogP contribution in [0.25, 0.3) is 10.8 Å². The molecule has 3 aromatic rings. The second kappa shape index (κ2) is 7.81. The van der Waals surface area contributed by atoms with Gasteiger partial charge in [-0.05, 0) is 47.7 Å². The van der Waals surface area contributed by atoms with Crippen molar-refractivity contribution >= 4 is 28.0 Å². The molecule has 0 unspecified atom stereocenters. The van der Waals surface area contributed by atoms with Crippen molar-refractivity contribution < 1.29 is 9.90 Å². The molecule has 1 saturated carbocycles. The Morgan fingerprint density at radius 3 is 2.57 bits per heavy atom. The van der Waals surface area contributed by atoms with Crippen LogP contribution in [-0.4, -0.2) is 16.6 Å². The number of aliphatic imine (C=N–C) groups is 1. The molecule has 0 radical (unpaired) electrons. The number of hydrogen-bond donors (Lipinski definition) is 1. The zero-order chi connectivity index (χ0) is 19.5. The van der Waals surface area contributed by atoms with Gasteiger partial charge in [-0.15, -0.1) is 0 Å². The van der Waals surface area contributed by atoms with E-state index in [0.717, 1.165) is 34.0 Å². The van der Waals surface area contributed by atoms with Crippen molar-refractivity contribution in [2.24, 2.45) is 4.99 Å². The average Bonchev–Trinajstić information content (AvgIpc) is 2.70. The third-order valence-corrected chi connectivity index (χ3v) is 5.28. The molecular formula is C25H23NO2. The number of ketones is 1. The topological polar surface area (TPSA) is 49.7 Å². The van der Waals surface area contributed by atoms with Gasteiger partial charge in [-0.2, -0.15) is 0 Å². The summed E-state index contributed by atoms with van der Waals surface area (Å²) in [5.74, 6) is 0.102. The standard InChI is InChI=1S/C25H23NO2/c1-17-8-2-5-13-21(17)26-22-14-7-15-23(27)25(22)24(28)16-19-11-6-10-18-9-3-4-12-20(18)19/h2-6,8-13,28H,7,14-16H2,1H3. The summed E-state index contributed by atoms with van der Waals surface area (Å²) in [6.45, 7) is 2.00. The van der Waals surface area contributed by atoms with Crippen molar-refractivity contribution in [3.8, 4) is 0 Å². The summed E-state index contributed by atoms with van der Waals surface area (Å²) in [5.41, 5.74) is 4.02. The van der Waals surface area contributed by atoms with Crippen molar-refractivity contribution in [1.82, 2.24) is 0 Å². The zero-order valence-corrected chi connectivity index (χ0v) is 16.0. The number of aliphatic hydroxyl groups is 1. The van der Waals surface area contributed by atoms with Gasteiger partial charge in [-0.1, -0.05) is 60.7 Å². The van der Waals surface area contributed by atoms with Crippen molar-refractivity contribution in [3.63, 3.8) is 0 Å². The van der Waals surface area contributed by atoms with E-state index >= 15 is 0 Å². The van der Waals surface area contributed by atoms with Crippen molar-refractivity contribution in [3.05, 3.63) is 89.2 Å². The lowest BCUT2D eigenvalue weighted by molar-refractivity contribution is -0.115. The Hall–Kier alpha value is -3.20. The minimum absolute atomic E-state index is 0.0173. The summed E-state index contributed by atoms with van der Waals surface area (Å²) >= 11 is 0. The number of para-hydroxylation sites is 1. The predicted molar refractivity (Wildman–Crippen MR) is 114 cm³/mol. The molecule has 0 spiro atoms. The molecule has 1 aliphatic carbocycles. The molecule has 0 heterocycles. The SMILES string of the molecule is Cc1ccccc1N=C1CCCC(=O)C1=C(O)Cc1cccc2ccccc12. The first kappa shape index (κ1) is 18.2. The van der Waals surface area contributed by atoms with Crippen LogP contribution in [-0.2, 0) is 11.2 Å². The molecule has 0 aromatic heterocycles. The number of rotatable bonds is 3. The summed E-state index contributed by atoms with van der Waals surface area (Å²) in [5, 5.41) is 13.2. The predicted octanol–water partition coefficient (Wildman–Crippen LogP) is 6.03. The van der Waals surface area contributed by atoms with Crippen LogP contribution in [0.1, 0.15) is 30.4 Å². The molecule has 1 fully saturated rings. The second-order valence-electron chi connectivity index (χ2n) is 7.26. The summed E-state index contributed by atoms with van der Waals surface area (Å²) in [7, 11) is 0. The number of Topliss-reactive ketones (excluding diaryl/α,β-unsaturated/α-hetero) is 1. The van der Waals surface area contributed by atoms with E-state index in [0.29, 0.717) is 30.5 Å². The quantitative estimate of drug-likeness (QED) is 0.453. The largest absolute Gasteiger partial charge is 0.511 e. The highest BCUT2D eigenvalue weighted by Crippen LogP contribution is 2.28. The number of fused-ring (bicyclic) bond motifs is 1. The highest BCUT2D eigenvalue weighted by molar-refractivity contribution is 6.24. The molecule has 3 nitrogen and oxygen atoms in total. The molecule has 1 aliphatic rings. The number of carbonyl (C=O) groups excluding carboxylic acids is 1. The Kier molecular flexibility index (Phi) is 5.07. The number of aliphatic hydroxyl groups excluding tert-OH is 1. The lowest BCUT2D eigenvalue weighted by Gasteiger charge is -2.18. The molecule has 3 aromatic carbocycles. The first-order chi connectivity index (χ1) is 13.6. The number of benzene rings is 3. The number of aryl methyl sites for hydroxylation is 1. The van der Waals surface area contributed by atoms with Crippen LogP contribution >= 0.6 is 0 Å².